The molecule has 0 aliphatic carbocycles. The second kappa shape index (κ2) is 5.33. The van der Waals surface area contributed by atoms with Crippen LogP contribution in [0.3, 0.4) is 0 Å². The Morgan fingerprint density at radius 1 is 1.76 bits per heavy atom. The number of hydrogen-bond donors (Lipinski definition) is 2. The normalized spacial score (nSPS) is 18.4. The lowest BCUT2D eigenvalue weighted by atomic mass is 10.1. The number of rotatable bonds is 4. The molecule has 5 nitrogen and oxygen atoms in total. The summed E-state index contributed by atoms with van der Waals surface area (Å²) in [6, 6.07) is 2.09. The minimum atomic E-state index is -0.188. The summed E-state index contributed by atoms with van der Waals surface area (Å²) in [7, 11) is 0. The number of carbonyl (C=O) groups is 1. The van der Waals surface area contributed by atoms with Crippen LogP contribution < -0.4 is 15.4 Å². The van der Waals surface area contributed by atoms with Gasteiger partial charge in [-0.2, -0.15) is 0 Å². The van der Waals surface area contributed by atoms with Crippen LogP contribution in [0.4, 0.5) is 5.69 Å². The molecule has 0 saturated carbocycles. The van der Waals surface area contributed by atoms with Crippen molar-refractivity contribution in [1.29, 1.82) is 0 Å². The first-order valence-electron chi connectivity index (χ1n) is 5.44. The first kappa shape index (κ1) is 12.1. The van der Waals surface area contributed by atoms with Crippen LogP contribution in [0.15, 0.2) is 12.3 Å². The molecule has 1 fully saturated rings. The summed E-state index contributed by atoms with van der Waals surface area (Å²) in [5.74, 6) is 0.415. The lowest BCUT2D eigenvalue weighted by molar-refractivity contribution is -0.114. The van der Waals surface area contributed by atoms with E-state index in [1.165, 1.54) is 6.92 Å². The number of anilines is 1. The van der Waals surface area contributed by atoms with Gasteiger partial charge in [-0.15, -0.1) is 0 Å². The topological polar surface area (TPSA) is 63.2 Å². The number of nitrogens with zero attached hydrogens (tertiary/aromatic N) is 1. The Morgan fingerprint density at radius 2 is 2.53 bits per heavy atom. The molecular formula is C11H14ClN3O2. The van der Waals surface area contributed by atoms with Gasteiger partial charge in [-0.05, 0) is 13.0 Å². The van der Waals surface area contributed by atoms with Crippen LogP contribution in [0, 0.1) is 0 Å². The molecule has 0 bridgehead atoms. The van der Waals surface area contributed by atoms with Crippen molar-refractivity contribution in [1.82, 2.24) is 10.3 Å². The number of hydrogen-bond acceptors (Lipinski definition) is 4. The molecule has 0 radical (unpaired) electrons. The van der Waals surface area contributed by atoms with Gasteiger partial charge in [0.05, 0.1) is 11.9 Å². The predicted molar refractivity (Wildman–Crippen MR) is 65.5 cm³/mol. The minimum absolute atomic E-state index is 0.188. The highest BCUT2D eigenvalue weighted by molar-refractivity contribution is 6.32. The molecule has 0 unspecified atom stereocenters. The second-order valence-corrected chi connectivity index (χ2v) is 4.30. The molecule has 1 aliphatic heterocycles. The number of ether oxygens (including phenoxy) is 1. The van der Waals surface area contributed by atoms with Gasteiger partial charge in [0.15, 0.2) is 5.15 Å². The van der Waals surface area contributed by atoms with E-state index in [0.717, 1.165) is 13.0 Å². The van der Waals surface area contributed by atoms with Crippen molar-refractivity contribution in [2.24, 2.45) is 0 Å². The summed E-state index contributed by atoms with van der Waals surface area (Å²) >= 11 is 5.85. The molecule has 2 N–H and O–H groups in total. The van der Waals surface area contributed by atoms with Gasteiger partial charge >= 0.3 is 0 Å². The van der Waals surface area contributed by atoms with Gasteiger partial charge in [-0.1, -0.05) is 11.6 Å². The third kappa shape index (κ3) is 3.31. The highest BCUT2D eigenvalue weighted by Gasteiger charge is 2.17. The van der Waals surface area contributed by atoms with E-state index in [-0.39, 0.29) is 11.1 Å². The van der Waals surface area contributed by atoms with Gasteiger partial charge in [0.2, 0.25) is 5.91 Å². The van der Waals surface area contributed by atoms with Gasteiger partial charge in [0, 0.05) is 19.0 Å². The van der Waals surface area contributed by atoms with E-state index in [2.05, 4.69) is 15.6 Å². The van der Waals surface area contributed by atoms with Crippen molar-refractivity contribution < 1.29 is 9.53 Å². The summed E-state index contributed by atoms with van der Waals surface area (Å²) in [5.41, 5.74) is 0.471. The Hall–Kier alpha value is -1.33. The number of nitrogens with one attached hydrogen (secondary N) is 2. The lowest BCUT2D eigenvalue weighted by Crippen LogP contribution is -2.46. The van der Waals surface area contributed by atoms with Crippen LogP contribution in [-0.2, 0) is 4.79 Å². The van der Waals surface area contributed by atoms with Gasteiger partial charge in [0.25, 0.3) is 0 Å². The summed E-state index contributed by atoms with van der Waals surface area (Å²) in [6.45, 7) is 3.06. The molecule has 2 heterocycles. The van der Waals surface area contributed by atoms with Crippen LogP contribution in [0.25, 0.3) is 0 Å². The number of carbonyl (C=O) groups excluding carboxylic acids is 1. The monoisotopic (exact) mass is 255 g/mol. The Bertz CT molecular complexity index is 421. The first-order valence-corrected chi connectivity index (χ1v) is 5.82. The predicted octanol–water partition coefficient (Wildman–Crippen LogP) is 1.43. The Morgan fingerprint density at radius 3 is 3.12 bits per heavy atom. The van der Waals surface area contributed by atoms with Crippen molar-refractivity contribution in [2.45, 2.75) is 19.4 Å². The van der Waals surface area contributed by atoms with Crippen LogP contribution in [-0.4, -0.2) is 30.1 Å². The standard InChI is InChI=1S/C11H14ClN3O2/c1-7(16)15-10-4-9(5-14-11(10)12)17-6-8-2-3-13-8/h4-5,8,13H,2-3,6H2,1H3,(H,15,16)/t8-/m1/s1. The summed E-state index contributed by atoms with van der Waals surface area (Å²) in [5, 5.41) is 6.09. The van der Waals surface area contributed by atoms with E-state index in [4.69, 9.17) is 16.3 Å². The SMILES string of the molecule is CC(=O)Nc1cc(OC[C@H]2CCN2)cnc1Cl. The Balaban J connectivity index is 1.99. The first-order chi connectivity index (χ1) is 8.15. The zero-order valence-corrected chi connectivity index (χ0v) is 10.3. The zero-order chi connectivity index (χ0) is 12.3. The molecular weight excluding hydrogens is 242 g/mol. The number of aromatic nitrogens is 1. The summed E-state index contributed by atoms with van der Waals surface area (Å²) in [6.07, 6.45) is 2.67. The molecule has 1 atom stereocenters. The quantitative estimate of drug-likeness (QED) is 0.799. The van der Waals surface area contributed by atoms with Crippen molar-refractivity contribution >= 4 is 23.2 Å². The van der Waals surface area contributed by atoms with Crippen molar-refractivity contribution in [3.8, 4) is 5.75 Å². The number of amides is 1. The average molecular weight is 256 g/mol. The smallest absolute Gasteiger partial charge is 0.221 e. The minimum Gasteiger partial charge on any atom is -0.490 e. The van der Waals surface area contributed by atoms with Gasteiger partial charge in [0.1, 0.15) is 12.4 Å². The van der Waals surface area contributed by atoms with E-state index in [9.17, 15) is 4.79 Å². The maximum absolute atomic E-state index is 10.9. The third-order valence-electron chi connectivity index (χ3n) is 2.50. The number of pyridine rings is 1. The molecule has 0 aromatic carbocycles. The molecule has 2 rings (SSSR count). The van der Waals surface area contributed by atoms with E-state index in [1.54, 1.807) is 12.3 Å². The Kier molecular flexibility index (Phi) is 3.81. The van der Waals surface area contributed by atoms with E-state index in [0.29, 0.717) is 24.1 Å². The second-order valence-electron chi connectivity index (χ2n) is 3.94. The zero-order valence-electron chi connectivity index (χ0n) is 9.50. The summed E-state index contributed by atoms with van der Waals surface area (Å²) < 4.78 is 5.55. The van der Waals surface area contributed by atoms with Crippen molar-refractivity contribution in [3.05, 3.63) is 17.4 Å². The lowest BCUT2D eigenvalue weighted by Gasteiger charge is -2.27. The molecule has 92 valence electrons. The molecule has 1 aliphatic rings. The Labute approximate surface area is 105 Å². The average Bonchev–Trinajstić information content (AvgIpc) is 2.19. The molecule has 1 aromatic rings. The van der Waals surface area contributed by atoms with Gasteiger partial charge < -0.3 is 15.4 Å². The van der Waals surface area contributed by atoms with E-state index in [1.807, 2.05) is 0 Å². The van der Waals surface area contributed by atoms with Crippen LogP contribution in [0.1, 0.15) is 13.3 Å². The largest absolute Gasteiger partial charge is 0.490 e. The molecule has 6 heteroatoms. The fourth-order valence-corrected chi connectivity index (χ4v) is 1.62. The molecule has 0 spiro atoms. The van der Waals surface area contributed by atoms with E-state index < -0.39 is 0 Å². The molecule has 17 heavy (non-hydrogen) atoms. The number of halogens is 1. The maximum atomic E-state index is 10.9. The molecule has 1 amide bonds. The van der Waals surface area contributed by atoms with Crippen molar-refractivity contribution in [2.75, 3.05) is 18.5 Å². The molecule has 1 saturated heterocycles. The highest BCUT2D eigenvalue weighted by atomic mass is 35.5. The van der Waals surface area contributed by atoms with E-state index >= 15 is 0 Å². The van der Waals surface area contributed by atoms with Crippen LogP contribution in [0.5, 0.6) is 5.75 Å². The van der Waals surface area contributed by atoms with Gasteiger partial charge in [-0.3, -0.25) is 4.79 Å². The highest BCUT2D eigenvalue weighted by Crippen LogP contribution is 2.24. The summed E-state index contributed by atoms with van der Waals surface area (Å²) in [4.78, 5) is 14.9. The fourth-order valence-electron chi connectivity index (χ4n) is 1.47. The van der Waals surface area contributed by atoms with Crippen molar-refractivity contribution in [3.63, 3.8) is 0 Å². The van der Waals surface area contributed by atoms with Crippen LogP contribution in [0.2, 0.25) is 5.15 Å². The fraction of sp³-hybridized carbons (Fsp3) is 0.455. The van der Waals surface area contributed by atoms with Crippen LogP contribution >= 0.6 is 11.6 Å². The third-order valence-corrected chi connectivity index (χ3v) is 2.80. The molecule has 1 aromatic heterocycles. The van der Waals surface area contributed by atoms with Gasteiger partial charge in [-0.25, -0.2) is 4.98 Å². The maximum Gasteiger partial charge on any atom is 0.221 e.